The molecule has 1 aliphatic carbocycles. The van der Waals surface area contributed by atoms with Crippen LogP contribution in [0.5, 0.6) is 0 Å². The molecular formula is C16H22N2OS. The van der Waals surface area contributed by atoms with Crippen LogP contribution >= 0.6 is 11.3 Å². The van der Waals surface area contributed by atoms with Crippen LogP contribution in [0.15, 0.2) is 28.5 Å². The molecule has 0 spiro atoms. The van der Waals surface area contributed by atoms with E-state index in [1.54, 1.807) is 11.3 Å². The van der Waals surface area contributed by atoms with Gasteiger partial charge < -0.3 is 9.88 Å². The van der Waals surface area contributed by atoms with E-state index in [2.05, 4.69) is 5.32 Å². The first-order valence-electron chi connectivity index (χ1n) is 7.62. The van der Waals surface area contributed by atoms with Crippen molar-refractivity contribution in [2.75, 3.05) is 13.1 Å². The SMILES string of the molecule is O=c1c2ccsc2ccn1CCNCC1CCCCC1. The van der Waals surface area contributed by atoms with E-state index in [9.17, 15) is 4.79 Å². The Morgan fingerprint density at radius 3 is 2.95 bits per heavy atom. The van der Waals surface area contributed by atoms with Gasteiger partial charge in [-0.25, -0.2) is 0 Å². The molecule has 0 aliphatic heterocycles. The summed E-state index contributed by atoms with van der Waals surface area (Å²) < 4.78 is 2.91. The lowest BCUT2D eigenvalue weighted by Gasteiger charge is -2.21. The third kappa shape index (κ3) is 3.13. The molecule has 3 nitrogen and oxygen atoms in total. The zero-order valence-corrected chi connectivity index (χ0v) is 12.6. The number of nitrogens with one attached hydrogen (secondary N) is 1. The maximum Gasteiger partial charge on any atom is 0.259 e. The second kappa shape index (κ2) is 6.55. The van der Waals surface area contributed by atoms with E-state index < -0.39 is 0 Å². The van der Waals surface area contributed by atoms with E-state index in [-0.39, 0.29) is 5.56 Å². The minimum absolute atomic E-state index is 0.142. The molecule has 2 aromatic heterocycles. The molecule has 0 atom stereocenters. The molecule has 2 aromatic rings. The average Bonchev–Trinajstić information content (AvgIpc) is 2.96. The summed E-state index contributed by atoms with van der Waals surface area (Å²) in [5.74, 6) is 0.847. The van der Waals surface area contributed by atoms with E-state index in [0.29, 0.717) is 0 Å². The first-order chi connectivity index (χ1) is 9.84. The Labute approximate surface area is 123 Å². The molecule has 4 heteroatoms. The first kappa shape index (κ1) is 13.8. The lowest BCUT2D eigenvalue weighted by Crippen LogP contribution is -2.30. The van der Waals surface area contributed by atoms with Crippen molar-refractivity contribution in [3.63, 3.8) is 0 Å². The van der Waals surface area contributed by atoms with E-state index in [1.165, 1.54) is 32.1 Å². The summed E-state index contributed by atoms with van der Waals surface area (Å²) in [4.78, 5) is 12.2. The second-order valence-corrected chi connectivity index (χ2v) is 6.67. The maximum absolute atomic E-state index is 12.2. The van der Waals surface area contributed by atoms with Crippen LogP contribution in [0.1, 0.15) is 32.1 Å². The molecule has 0 unspecified atom stereocenters. The molecule has 1 saturated carbocycles. The summed E-state index contributed by atoms with van der Waals surface area (Å²) in [6.07, 6.45) is 8.85. The molecule has 1 N–H and O–H groups in total. The van der Waals surface area contributed by atoms with Gasteiger partial charge in [-0.3, -0.25) is 4.79 Å². The molecular weight excluding hydrogens is 268 g/mol. The zero-order valence-electron chi connectivity index (χ0n) is 11.8. The summed E-state index contributed by atoms with van der Waals surface area (Å²) in [7, 11) is 0. The van der Waals surface area contributed by atoms with Gasteiger partial charge in [0.25, 0.3) is 5.56 Å². The van der Waals surface area contributed by atoms with E-state index >= 15 is 0 Å². The Kier molecular flexibility index (Phi) is 4.53. The zero-order chi connectivity index (χ0) is 13.8. The fourth-order valence-corrected chi connectivity index (χ4v) is 3.85. The molecule has 3 rings (SSSR count). The highest BCUT2D eigenvalue weighted by molar-refractivity contribution is 7.17. The van der Waals surface area contributed by atoms with Crippen LogP contribution in [0.2, 0.25) is 0 Å². The number of hydrogen-bond acceptors (Lipinski definition) is 3. The standard InChI is InChI=1S/C16H22N2OS/c19-16-14-7-11-20-15(14)6-9-18(16)10-8-17-12-13-4-2-1-3-5-13/h6-7,9,11,13,17H,1-5,8,10,12H2. The predicted molar refractivity (Wildman–Crippen MR) is 85.5 cm³/mol. The van der Waals surface area contributed by atoms with Crippen LogP contribution in [-0.2, 0) is 6.54 Å². The molecule has 0 amide bonds. The van der Waals surface area contributed by atoms with Gasteiger partial charge in [-0.05, 0) is 42.8 Å². The number of aromatic nitrogens is 1. The second-order valence-electron chi connectivity index (χ2n) is 5.72. The van der Waals surface area contributed by atoms with Crippen molar-refractivity contribution in [3.8, 4) is 0 Å². The van der Waals surface area contributed by atoms with Crippen LogP contribution in [0.3, 0.4) is 0 Å². The fraction of sp³-hybridized carbons (Fsp3) is 0.562. The summed E-state index contributed by atoms with van der Waals surface area (Å²) >= 11 is 1.63. The number of hydrogen-bond donors (Lipinski definition) is 1. The normalized spacial score (nSPS) is 16.8. The average molecular weight is 290 g/mol. The van der Waals surface area contributed by atoms with Crippen molar-refractivity contribution in [2.24, 2.45) is 5.92 Å². The van der Waals surface area contributed by atoms with Crippen molar-refractivity contribution in [1.82, 2.24) is 9.88 Å². The highest BCUT2D eigenvalue weighted by atomic mass is 32.1. The summed E-state index contributed by atoms with van der Waals surface area (Å²) in [6, 6.07) is 3.97. The lowest BCUT2D eigenvalue weighted by molar-refractivity contribution is 0.340. The molecule has 20 heavy (non-hydrogen) atoms. The minimum Gasteiger partial charge on any atom is -0.315 e. The van der Waals surface area contributed by atoms with Crippen LogP contribution in [-0.4, -0.2) is 17.7 Å². The topological polar surface area (TPSA) is 34.0 Å². The van der Waals surface area contributed by atoms with Crippen LogP contribution < -0.4 is 10.9 Å². The minimum atomic E-state index is 0.142. The smallest absolute Gasteiger partial charge is 0.259 e. The van der Waals surface area contributed by atoms with Gasteiger partial charge in [0.05, 0.1) is 5.39 Å². The van der Waals surface area contributed by atoms with E-state index in [0.717, 1.165) is 35.6 Å². The van der Waals surface area contributed by atoms with Gasteiger partial charge in [-0.15, -0.1) is 11.3 Å². The molecule has 0 aromatic carbocycles. The van der Waals surface area contributed by atoms with Gasteiger partial charge in [0.1, 0.15) is 0 Å². The highest BCUT2D eigenvalue weighted by Gasteiger charge is 2.12. The van der Waals surface area contributed by atoms with Gasteiger partial charge in [-0.1, -0.05) is 19.3 Å². The van der Waals surface area contributed by atoms with Gasteiger partial charge >= 0.3 is 0 Å². The third-order valence-electron chi connectivity index (χ3n) is 4.28. The number of thiophene rings is 1. The molecule has 108 valence electrons. The fourth-order valence-electron chi connectivity index (χ4n) is 3.08. The molecule has 0 saturated heterocycles. The molecule has 2 heterocycles. The van der Waals surface area contributed by atoms with Gasteiger partial charge in [0.2, 0.25) is 0 Å². The van der Waals surface area contributed by atoms with Gasteiger partial charge in [0.15, 0.2) is 0 Å². The van der Waals surface area contributed by atoms with Crippen LogP contribution in [0.25, 0.3) is 10.1 Å². The number of rotatable bonds is 5. The van der Waals surface area contributed by atoms with Gasteiger partial charge in [0, 0.05) is 24.0 Å². The monoisotopic (exact) mass is 290 g/mol. The Morgan fingerprint density at radius 2 is 2.10 bits per heavy atom. The third-order valence-corrected chi connectivity index (χ3v) is 5.16. The van der Waals surface area contributed by atoms with Crippen molar-refractivity contribution >= 4 is 21.4 Å². The number of pyridine rings is 1. The Hall–Kier alpha value is -1.13. The Bertz CT molecular complexity index is 610. The molecule has 1 aliphatic rings. The van der Waals surface area contributed by atoms with Crippen molar-refractivity contribution < 1.29 is 0 Å². The number of nitrogens with zero attached hydrogens (tertiary/aromatic N) is 1. The Balaban J connectivity index is 1.52. The summed E-state index contributed by atoms with van der Waals surface area (Å²) in [5, 5.41) is 6.35. The van der Waals surface area contributed by atoms with Crippen molar-refractivity contribution in [2.45, 2.75) is 38.6 Å². The van der Waals surface area contributed by atoms with Crippen molar-refractivity contribution in [3.05, 3.63) is 34.1 Å². The summed E-state index contributed by atoms with van der Waals surface area (Å²) in [6.45, 7) is 2.75. The van der Waals surface area contributed by atoms with E-state index in [4.69, 9.17) is 0 Å². The molecule has 1 fully saturated rings. The number of fused-ring (bicyclic) bond motifs is 1. The highest BCUT2D eigenvalue weighted by Crippen LogP contribution is 2.22. The molecule has 0 radical (unpaired) electrons. The predicted octanol–water partition coefficient (Wildman–Crippen LogP) is 3.23. The lowest BCUT2D eigenvalue weighted by atomic mass is 9.89. The Morgan fingerprint density at radius 1 is 1.25 bits per heavy atom. The van der Waals surface area contributed by atoms with Crippen LogP contribution in [0.4, 0.5) is 0 Å². The largest absolute Gasteiger partial charge is 0.315 e. The molecule has 0 bridgehead atoms. The van der Waals surface area contributed by atoms with Crippen LogP contribution in [0, 0.1) is 5.92 Å². The van der Waals surface area contributed by atoms with Crippen molar-refractivity contribution in [1.29, 1.82) is 0 Å². The first-order valence-corrected chi connectivity index (χ1v) is 8.50. The van der Waals surface area contributed by atoms with E-state index in [1.807, 2.05) is 28.3 Å². The van der Waals surface area contributed by atoms with Gasteiger partial charge in [-0.2, -0.15) is 0 Å². The maximum atomic E-state index is 12.2. The quantitative estimate of drug-likeness (QED) is 0.858. The summed E-state index contributed by atoms with van der Waals surface area (Å²) in [5.41, 5.74) is 0.142.